The van der Waals surface area contributed by atoms with Crippen molar-refractivity contribution in [1.82, 2.24) is 15.5 Å². The van der Waals surface area contributed by atoms with Crippen LogP contribution in [-0.4, -0.2) is 41.1 Å². The number of fused-ring (bicyclic) bond motifs is 1. The summed E-state index contributed by atoms with van der Waals surface area (Å²) in [7, 11) is 0. The maximum Gasteiger partial charge on any atom is 0.261 e. The number of imide groups is 1. The van der Waals surface area contributed by atoms with Crippen molar-refractivity contribution in [2.45, 2.75) is 46.2 Å². The molecule has 1 unspecified atom stereocenters. The van der Waals surface area contributed by atoms with Crippen LogP contribution in [0.2, 0.25) is 0 Å². The number of nitrogens with one attached hydrogen (secondary N) is 2. The Kier molecular flexibility index (Phi) is 6.84. The van der Waals surface area contributed by atoms with Crippen LogP contribution in [0.1, 0.15) is 68.9 Å². The Morgan fingerprint density at radius 2 is 1.77 bits per heavy atom. The Morgan fingerprint density at radius 3 is 2.52 bits per heavy atom. The van der Waals surface area contributed by atoms with Crippen LogP contribution in [0.15, 0.2) is 42.5 Å². The molecule has 4 amide bonds. The minimum atomic E-state index is -0.368. The molecule has 1 aliphatic heterocycles. The molecular formula is C24H27N3O4. The van der Waals surface area contributed by atoms with E-state index in [4.69, 9.17) is 0 Å². The average molecular weight is 421 g/mol. The Hall–Kier alpha value is -3.48. The van der Waals surface area contributed by atoms with Gasteiger partial charge >= 0.3 is 0 Å². The standard InChI is InChI=1S/C24H27N3O4/c1-4-16(3)26-22(29)18-7-5-6-17(13-18)14-25-21(28)10-11-27-23(30)19-9-8-15(2)12-20(19)24(27)31/h5-9,12-13,16H,4,10-11,14H2,1-3H3,(H,25,28)(H,26,29). The topological polar surface area (TPSA) is 95.6 Å². The second kappa shape index (κ2) is 9.55. The number of carbonyl (C=O) groups is 4. The van der Waals surface area contributed by atoms with Crippen molar-refractivity contribution >= 4 is 23.6 Å². The van der Waals surface area contributed by atoms with Crippen molar-refractivity contribution < 1.29 is 19.2 Å². The SMILES string of the molecule is CCC(C)NC(=O)c1cccc(CNC(=O)CCN2C(=O)c3ccc(C)cc3C2=O)c1. The zero-order valence-corrected chi connectivity index (χ0v) is 18.0. The molecule has 7 nitrogen and oxygen atoms in total. The van der Waals surface area contributed by atoms with Crippen LogP contribution in [0.5, 0.6) is 0 Å². The number of hydrogen-bond acceptors (Lipinski definition) is 4. The van der Waals surface area contributed by atoms with Crippen molar-refractivity contribution in [3.8, 4) is 0 Å². The van der Waals surface area contributed by atoms with Crippen LogP contribution in [0.3, 0.4) is 0 Å². The minimum absolute atomic E-state index is 0.0125. The highest BCUT2D eigenvalue weighted by Gasteiger charge is 2.35. The fraction of sp³-hybridized carbons (Fsp3) is 0.333. The third-order valence-corrected chi connectivity index (χ3v) is 5.36. The molecule has 1 atom stereocenters. The van der Waals surface area contributed by atoms with Crippen LogP contribution >= 0.6 is 0 Å². The van der Waals surface area contributed by atoms with E-state index in [0.29, 0.717) is 16.7 Å². The molecule has 2 aromatic carbocycles. The molecule has 2 N–H and O–H groups in total. The van der Waals surface area contributed by atoms with E-state index >= 15 is 0 Å². The van der Waals surface area contributed by atoms with Gasteiger partial charge in [-0.25, -0.2) is 0 Å². The molecular weight excluding hydrogens is 394 g/mol. The van der Waals surface area contributed by atoms with Gasteiger partial charge in [-0.3, -0.25) is 24.1 Å². The first-order valence-electron chi connectivity index (χ1n) is 10.4. The zero-order chi connectivity index (χ0) is 22.5. The molecule has 0 saturated carbocycles. The zero-order valence-electron chi connectivity index (χ0n) is 18.0. The maximum atomic E-state index is 12.5. The summed E-state index contributed by atoms with van der Waals surface area (Å²) in [5, 5.41) is 5.69. The number of carbonyl (C=O) groups excluding carboxylic acids is 4. The van der Waals surface area contributed by atoms with E-state index in [2.05, 4.69) is 10.6 Å². The van der Waals surface area contributed by atoms with Crippen LogP contribution in [0.4, 0.5) is 0 Å². The quantitative estimate of drug-likeness (QED) is 0.641. The Morgan fingerprint density at radius 1 is 1.03 bits per heavy atom. The first-order chi connectivity index (χ1) is 14.8. The fourth-order valence-corrected chi connectivity index (χ4v) is 3.34. The lowest BCUT2D eigenvalue weighted by Gasteiger charge is -2.14. The lowest BCUT2D eigenvalue weighted by Crippen LogP contribution is -2.34. The molecule has 0 radical (unpaired) electrons. The molecule has 1 aliphatic rings. The van der Waals surface area contributed by atoms with Gasteiger partial charge in [0.15, 0.2) is 0 Å². The highest BCUT2D eigenvalue weighted by atomic mass is 16.2. The summed E-state index contributed by atoms with van der Waals surface area (Å²) in [5.74, 6) is -1.16. The van der Waals surface area contributed by atoms with Crippen LogP contribution in [0, 0.1) is 6.92 Å². The maximum absolute atomic E-state index is 12.5. The molecule has 0 aromatic heterocycles. The van der Waals surface area contributed by atoms with Gasteiger partial charge in [0.2, 0.25) is 5.91 Å². The summed E-state index contributed by atoms with van der Waals surface area (Å²) in [5.41, 5.74) is 3.00. The highest BCUT2D eigenvalue weighted by Crippen LogP contribution is 2.23. The van der Waals surface area contributed by atoms with Crippen LogP contribution in [-0.2, 0) is 11.3 Å². The van der Waals surface area contributed by atoms with E-state index in [1.165, 1.54) is 0 Å². The minimum Gasteiger partial charge on any atom is -0.352 e. The first kappa shape index (κ1) is 22.2. The van der Waals surface area contributed by atoms with Gasteiger partial charge in [0.1, 0.15) is 0 Å². The lowest BCUT2D eigenvalue weighted by molar-refractivity contribution is -0.121. The van der Waals surface area contributed by atoms with Gasteiger partial charge in [-0.15, -0.1) is 0 Å². The summed E-state index contributed by atoms with van der Waals surface area (Å²) in [6.45, 7) is 6.08. The molecule has 2 aromatic rings. The third kappa shape index (κ3) is 5.17. The van der Waals surface area contributed by atoms with E-state index in [-0.39, 0.29) is 49.2 Å². The molecule has 0 fully saturated rings. The first-order valence-corrected chi connectivity index (χ1v) is 10.4. The highest BCUT2D eigenvalue weighted by molar-refractivity contribution is 6.21. The Balaban J connectivity index is 1.52. The summed E-state index contributed by atoms with van der Waals surface area (Å²) < 4.78 is 0. The average Bonchev–Trinajstić information content (AvgIpc) is 2.99. The van der Waals surface area contributed by atoms with Gasteiger partial charge in [-0.1, -0.05) is 30.7 Å². The monoisotopic (exact) mass is 421 g/mol. The van der Waals surface area contributed by atoms with Gasteiger partial charge in [0.05, 0.1) is 11.1 Å². The molecule has 3 rings (SSSR count). The van der Waals surface area contributed by atoms with Gasteiger partial charge in [0, 0.05) is 31.1 Å². The summed E-state index contributed by atoms with van der Waals surface area (Å²) in [6.07, 6.45) is 0.854. The second-order valence-corrected chi connectivity index (χ2v) is 7.82. The van der Waals surface area contributed by atoms with Crippen molar-refractivity contribution in [2.75, 3.05) is 6.54 Å². The number of amides is 4. The number of hydrogen-bond donors (Lipinski definition) is 2. The van der Waals surface area contributed by atoms with E-state index < -0.39 is 0 Å². The Labute approximate surface area is 181 Å². The van der Waals surface area contributed by atoms with Gasteiger partial charge in [-0.05, 0) is 50.1 Å². The van der Waals surface area contributed by atoms with Gasteiger partial charge < -0.3 is 10.6 Å². The predicted molar refractivity (Wildman–Crippen MR) is 117 cm³/mol. The Bertz CT molecular complexity index is 1030. The molecule has 0 aliphatic carbocycles. The fourth-order valence-electron chi connectivity index (χ4n) is 3.34. The van der Waals surface area contributed by atoms with Crippen molar-refractivity contribution in [2.24, 2.45) is 0 Å². The molecule has 162 valence electrons. The van der Waals surface area contributed by atoms with Crippen molar-refractivity contribution in [3.05, 3.63) is 70.3 Å². The lowest BCUT2D eigenvalue weighted by atomic mass is 10.1. The summed E-state index contributed by atoms with van der Waals surface area (Å²) in [6, 6.07) is 12.3. The van der Waals surface area contributed by atoms with E-state index in [1.807, 2.05) is 26.8 Å². The summed E-state index contributed by atoms with van der Waals surface area (Å²) in [4.78, 5) is 50.6. The molecule has 1 heterocycles. The van der Waals surface area contributed by atoms with Gasteiger partial charge in [0.25, 0.3) is 17.7 Å². The normalized spacial score (nSPS) is 13.7. The van der Waals surface area contributed by atoms with E-state index in [9.17, 15) is 19.2 Å². The third-order valence-electron chi connectivity index (χ3n) is 5.36. The van der Waals surface area contributed by atoms with Gasteiger partial charge in [-0.2, -0.15) is 0 Å². The largest absolute Gasteiger partial charge is 0.352 e. The number of benzene rings is 2. The van der Waals surface area contributed by atoms with Crippen LogP contribution < -0.4 is 10.6 Å². The number of rotatable bonds is 8. The molecule has 0 saturated heterocycles. The number of aryl methyl sites for hydroxylation is 1. The summed E-state index contributed by atoms with van der Waals surface area (Å²) >= 11 is 0. The van der Waals surface area contributed by atoms with Crippen molar-refractivity contribution in [1.29, 1.82) is 0 Å². The van der Waals surface area contributed by atoms with Crippen molar-refractivity contribution in [3.63, 3.8) is 0 Å². The molecule has 31 heavy (non-hydrogen) atoms. The molecule has 7 heteroatoms. The number of nitrogens with zero attached hydrogens (tertiary/aromatic N) is 1. The van der Waals surface area contributed by atoms with Crippen LogP contribution in [0.25, 0.3) is 0 Å². The smallest absolute Gasteiger partial charge is 0.261 e. The molecule has 0 spiro atoms. The predicted octanol–water partition coefficient (Wildman–Crippen LogP) is 2.83. The second-order valence-electron chi connectivity index (χ2n) is 7.82. The molecule has 0 bridgehead atoms. The van der Waals surface area contributed by atoms with E-state index in [0.717, 1.165) is 22.4 Å². The van der Waals surface area contributed by atoms with E-state index in [1.54, 1.807) is 36.4 Å².